The number of carbonyl (C=O) groups excluding carboxylic acids is 2. The van der Waals surface area contributed by atoms with Crippen LogP contribution < -0.4 is 15.4 Å². The van der Waals surface area contributed by atoms with E-state index in [9.17, 15) is 14.7 Å². The van der Waals surface area contributed by atoms with Gasteiger partial charge in [-0.3, -0.25) is 19.5 Å². The Morgan fingerprint density at radius 3 is 1.37 bits per heavy atom. The summed E-state index contributed by atoms with van der Waals surface area (Å²) in [6.07, 6.45) is 11.7. The second kappa shape index (κ2) is 25.8. The average molecular weight is 833 g/mol. The van der Waals surface area contributed by atoms with E-state index in [-0.39, 0.29) is 50.1 Å². The molecule has 324 valence electrons. The fraction of sp³-hybridized carbons (Fsp3) is 0.352. The van der Waals surface area contributed by atoms with E-state index in [0.29, 0.717) is 5.75 Å². The lowest BCUT2D eigenvalue weighted by molar-refractivity contribution is -0.126. The first kappa shape index (κ1) is 45.7. The van der Waals surface area contributed by atoms with E-state index >= 15 is 0 Å². The Kier molecular flexibility index (Phi) is 19.0. The molecule has 6 rings (SSSR count). The topological polar surface area (TPSA) is 104 Å². The lowest BCUT2D eigenvalue weighted by Gasteiger charge is -2.27. The molecule has 1 aromatic heterocycles. The van der Waals surface area contributed by atoms with Crippen LogP contribution in [0.4, 0.5) is 0 Å². The van der Waals surface area contributed by atoms with E-state index in [1.807, 2.05) is 54.6 Å². The Labute approximate surface area is 368 Å². The molecule has 0 fully saturated rings. The zero-order valence-electron chi connectivity index (χ0n) is 36.1. The van der Waals surface area contributed by atoms with E-state index in [1.165, 1.54) is 22.3 Å². The number of nitrogens with zero attached hydrogens (tertiary/aromatic N) is 2. The Morgan fingerprint density at radius 2 is 0.952 bits per heavy atom. The SMILES string of the molecule is O=C(CN(CC(=O)NC(CCCc1ccccc1)CCCc1ccccc1)C[C@@H](O)COc1cccc2ncccc12)NC(CCCc1ccccc1)CCCc1ccccc1. The number of aromatic nitrogens is 1. The Balaban J connectivity index is 1.11. The van der Waals surface area contributed by atoms with Crippen molar-refractivity contribution in [2.24, 2.45) is 0 Å². The van der Waals surface area contributed by atoms with Crippen molar-refractivity contribution in [1.82, 2.24) is 20.5 Å². The molecule has 0 spiro atoms. The quantitative estimate of drug-likeness (QED) is 0.0478. The molecule has 0 radical (unpaired) electrons. The highest BCUT2D eigenvalue weighted by Gasteiger charge is 2.23. The largest absolute Gasteiger partial charge is 0.490 e. The Morgan fingerprint density at radius 1 is 0.532 bits per heavy atom. The van der Waals surface area contributed by atoms with Crippen molar-refractivity contribution in [3.8, 4) is 5.75 Å². The molecule has 1 heterocycles. The summed E-state index contributed by atoms with van der Waals surface area (Å²) < 4.78 is 6.13. The van der Waals surface area contributed by atoms with Crippen LogP contribution in [0.25, 0.3) is 10.9 Å². The molecule has 0 aliphatic carbocycles. The van der Waals surface area contributed by atoms with Crippen LogP contribution in [0, 0.1) is 0 Å². The number of amides is 2. The van der Waals surface area contributed by atoms with E-state index in [0.717, 1.165) is 88.0 Å². The predicted molar refractivity (Wildman–Crippen MR) is 251 cm³/mol. The second-order valence-electron chi connectivity index (χ2n) is 16.5. The minimum Gasteiger partial charge on any atom is -0.490 e. The highest BCUT2D eigenvalue weighted by atomic mass is 16.5. The van der Waals surface area contributed by atoms with E-state index in [2.05, 4.69) is 113 Å². The molecular weight excluding hydrogens is 769 g/mol. The lowest BCUT2D eigenvalue weighted by atomic mass is 9.99. The van der Waals surface area contributed by atoms with Crippen LogP contribution >= 0.6 is 0 Å². The van der Waals surface area contributed by atoms with E-state index in [4.69, 9.17) is 4.74 Å². The number of hydrogen-bond acceptors (Lipinski definition) is 6. The van der Waals surface area contributed by atoms with Crippen LogP contribution in [0.5, 0.6) is 5.75 Å². The average Bonchev–Trinajstić information content (AvgIpc) is 3.29. The zero-order valence-corrected chi connectivity index (χ0v) is 36.1. The molecule has 0 saturated carbocycles. The van der Waals surface area contributed by atoms with Gasteiger partial charge in [-0.2, -0.15) is 0 Å². The predicted octanol–water partition coefficient (Wildman–Crippen LogP) is 9.34. The maximum atomic E-state index is 14.0. The van der Waals surface area contributed by atoms with Gasteiger partial charge < -0.3 is 20.5 Å². The molecule has 5 aromatic carbocycles. The number of fused-ring (bicyclic) bond motifs is 1. The third-order valence-electron chi connectivity index (χ3n) is 11.4. The van der Waals surface area contributed by atoms with Gasteiger partial charge in [0, 0.05) is 30.2 Å². The summed E-state index contributed by atoms with van der Waals surface area (Å²) in [5.41, 5.74) is 5.95. The van der Waals surface area contributed by atoms with Gasteiger partial charge >= 0.3 is 0 Å². The monoisotopic (exact) mass is 832 g/mol. The summed E-state index contributed by atoms with van der Waals surface area (Å²) in [5, 5.41) is 18.9. The molecule has 3 N–H and O–H groups in total. The van der Waals surface area contributed by atoms with Gasteiger partial charge in [0.25, 0.3) is 0 Å². The molecule has 6 aromatic rings. The first-order valence-electron chi connectivity index (χ1n) is 22.6. The van der Waals surface area contributed by atoms with Gasteiger partial charge in [0.05, 0.1) is 18.6 Å². The number of aliphatic hydroxyl groups excluding tert-OH is 1. The standard InChI is InChI=1S/C54H64N4O4/c59-49(42-62-52-37-17-36-51-50(52)35-18-38-55-51)39-58(40-53(60)56-47(31-13-27-43-19-5-1-6-20-43)32-14-28-44-21-7-2-8-22-44)41-54(61)57-48(33-15-29-45-23-9-3-10-24-45)34-16-30-46-25-11-4-12-26-46/h1-12,17-26,35-38,47-49,59H,13-16,27-34,39-42H2,(H,56,60)(H,57,61)/t49-/m1/s1. The molecule has 0 saturated heterocycles. The molecule has 0 bridgehead atoms. The summed E-state index contributed by atoms with van der Waals surface area (Å²) in [5.74, 6) is 0.315. The molecular formula is C54H64N4O4. The number of hydrogen-bond donors (Lipinski definition) is 3. The van der Waals surface area contributed by atoms with Crippen LogP contribution in [0.3, 0.4) is 0 Å². The normalized spacial score (nSPS) is 11.9. The lowest BCUT2D eigenvalue weighted by Crippen LogP contribution is -2.49. The Hall–Kier alpha value is -5.83. The maximum Gasteiger partial charge on any atom is 0.234 e. The van der Waals surface area contributed by atoms with Crippen LogP contribution in [0.2, 0.25) is 0 Å². The Bertz CT molecular complexity index is 1960. The zero-order chi connectivity index (χ0) is 43.0. The van der Waals surface area contributed by atoms with Crippen LogP contribution in [-0.2, 0) is 35.3 Å². The number of nitrogens with one attached hydrogen (secondary N) is 2. The summed E-state index contributed by atoms with van der Waals surface area (Å²) in [4.78, 5) is 34.2. The summed E-state index contributed by atoms with van der Waals surface area (Å²) >= 11 is 0. The van der Waals surface area contributed by atoms with Crippen LogP contribution in [0.15, 0.2) is 158 Å². The minimum absolute atomic E-state index is 0.00304. The summed E-state index contributed by atoms with van der Waals surface area (Å²) in [6, 6.07) is 51.3. The highest BCUT2D eigenvalue weighted by molar-refractivity contribution is 5.84. The van der Waals surface area contributed by atoms with Crippen molar-refractivity contribution in [3.63, 3.8) is 0 Å². The number of aryl methyl sites for hydroxylation is 4. The third-order valence-corrected chi connectivity index (χ3v) is 11.4. The van der Waals surface area contributed by atoms with Gasteiger partial charge in [-0.1, -0.05) is 127 Å². The van der Waals surface area contributed by atoms with Gasteiger partial charge in [0.15, 0.2) is 0 Å². The second-order valence-corrected chi connectivity index (χ2v) is 16.5. The molecule has 0 aliphatic heterocycles. The number of aliphatic hydroxyl groups is 1. The fourth-order valence-corrected chi connectivity index (χ4v) is 8.24. The van der Waals surface area contributed by atoms with Crippen molar-refractivity contribution in [2.45, 2.75) is 95.2 Å². The minimum atomic E-state index is -0.956. The number of carbonyl (C=O) groups is 2. The summed E-state index contributed by atoms with van der Waals surface area (Å²) in [7, 11) is 0. The first-order valence-corrected chi connectivity index (χ1v) is 22.6. The molecule has 8 heteroatoms. The van der Waals surface area contributed by atoms with E-state index in [1.54, 1.807) is 11.1 Å². The summed E-state index contributed by atoms with van der Waals surface area (Å²) in [6.45, 7) is 0.0343. The van der Waals surface area contributed by atoms with Gasteiger partial charge in [0.1, 0.15) is 18.5 Å². The van der Waals surface area contributed by atoms with Gasteiger partial charge in [-0.15, -0.1) is 0 Å². The molecule has 8 nitrogen and oxygen atoms in total. The number of benzene rings is 5. The number of ether oxygens (including phenoxy) is 1. The number of rotatable bonds is 27. The van der Waals surface area contributed by atoms with Crippen molar-refractivity contribution in [3.05, 3.63) is 180 Å². The molecule has 62 heavy (non-hydrogen) atoms. The smallest absolute Gasteiger partial charge is 0.234 e. The van der Waals surface area contributed by atoms with Gasteiger partial charge in [-0.25, -0.2) is 0 Å². The van der Waals surface area contributed by atoms with Gasteiger partial charge in [0.2, 0.25) is 11.8 Å². The van der Waals surface area contributed by atoms with Crippen molar-refractivity contribution >= 4 is 22.7 Å². The highest BCUT2D eigenvalue weighted by Crippen LogP contribution is 2.24. The van der Waals surface area contributed by atoms with Crippen LogP contribution in [0.1, 0.15) is 73.6 Å². The van der Waals surface area contributed by atoms with Crippen molar-refractivity contribution in [1.29, 1.82) is 0 Å². The van der Waals surface area contributed by atoms with Crippen molar-refractivity contribution < 1.29 is 19.4 Å². The number of pyridine rings is 1. The molecule has 2 amide bonds. The van der Waals surface area contributed by atoms with E-state index < -0.39 is 6.10 Å². The maximum absolute atomic E-state index is 14.0. The fourth-order valence-electron chi connectivity index (χ4n) is 8.24. The third kappa shape index (κ3) is 16.6. The molecule has 0 aliphatic rings. The van der Waals surface area contributed by atoms with Gasteiger partial charge in [-0.05, 0) is 124 Å². The molecule has 0 unspecified atom stereocenters. The van der Waals surface area contributed by atoms with Crippen molar-refractivity contribution in [2.75, 3.05) is 26.2 Å². The van der Waals surface area contributed by atoms with Crippen LogP contribution in [-0.4, -0.2) is 71.2 Å². The first-order chi connectivity index (χ1) is 30.5. The molecule has 1 atom stereocenters.